The molecule has 0 atom stereocenters. The Hall–Kier alpha value is -2.71. The summed E-state index contributed by atoms with van der Waals surface area (Å²) in [6.07, 6.45) is 7.36. The third kappa shape index (κ3) is 4.71. The average molecular weight is 444 g/mol. The van der Waals surface area contributed by atoms with Gasteiger partial charge in [0.05, 0.1) is 17.8 Å². The van der Waals surface area contributed by atoms with E-state index in [0.29, 0.717) is 41.0 Å². The van der Waals surface area contributed by atoms with Gasteiger partial charge < -0.3 is 15.4 Å². The van der Waals surface area contributed by atoms with Crippen molar-refractivity contribution in [3.05, 3.63) is 57.3 Å². The summed E-state index contributed by atoms with van der Waals surface area (Å²) in [5.41, 5.74) is 3.48. The summed E-state index contributed by atoms with van der Waals surface area (Å²) in [7, 11) is 3.13. The van der Waals surface area contributed by atoms with Crippen LogP contribution in [0.4, 0.5) is 11.1 Å². The number of thiazole rings is 1. The molecule has 1 saturated carbocycles. The minimum Gasteiger partial charge on any atom is -0.495 e. The SMILES string of the molecule is CNC(=O)c1cc(CCc2cnc(Nc3nc(C4CC4)cs3)nc2)c(Cl)c(OC)c1. The van der Waals surface area contributed by atoms with Crippen molar-refractivity contribution in [2.75, 3.05) is 19.5 Å². The van der Waals surface area contributed by atoms with E-state index in [2.05, 4.69) is 31.0 Å². The highest BCUT2D eigenvalue weighted by atomic mass is 35.5. The van der Waals surface area contributed by atoms with Crippen LogP contribution in [0.2, 0.25) is 5.02 Å². The maximum absolute atomic E-state index is 12.0. The normalized spacial score (nSPS) is 13.2. The van der Waals surface area contributed by atoms with Crippen LogP contribution in [0.3, 0.4) is 0 Å². The van der Waals surface area contributed by atoms with Gasteiger partial charge >= 0.3 is 0 Å². The Morgan fingerprint density at radius 3 is 2.70 bits per heavy atom. The van der Waals surface area contributed by atoms with Crippen LogP contribution in [0, 0.1) is 0 Å². The molecule has 2 aromatic heterocycles. The molecule has 1 aromatic carbocycles. The smallest absolute Gasteiger partial charge is 0.251 e. The highest BCUT2D eigenvalue weighted by Gasteiger charge is 2.26. The molecule has 156 valence electrons. The Bertz CT molecular complexity index is 1050. The standard InChI is InChI=1S/C21H22ClN5O2S/c1-23-19(28)15-7-14(18(22)17(8-15)29-2)4-3-12-9-24-20(25-10-12)27-21-26-16(11-30-21)13-5-6-13/h7-11,13H,3-6H2,1-2H3,(H,23,28)(H,24,25,26,27). The van der Waals surface area contributed by atoms with Gasteiger partial charge in [0, 0.05) is 36.3 Å². The first-order valence-corrected chi connectivity index (χ1v) is 10.9. The topological polar surface area (TPSA) is 89.0 Å². The van der Waals surface area contributed by atoms with Crippen molar-refractivity contribution in [2.45, 2.75) is 31.6 Å². The average Bonchev–Trinajstić information content (AvgIpc) is 3.52. The predicted molar refractivity (Wildman–Crippen MR) is 118 cm³/mol. The lowest BCUT2D eigenvalue weighted by molar-refractivity contribution is 0.0962. The number of nitrogens with zero attached hydrogens (tertiary/aromatic N) is 3. The van der Waals surface area contributed by atoms with Crippen LogP contribution in [0.15, 0.2) is 29.9 Å². The number of aromatic nitrogens is 3. The zero-order valence-electron chi connectivity index (χ0n) is 16.7. The fraction of sp³-hybridized carbons (Fsp3) is 0.333. The highest BCUT2D eigenvalue weighted by Crippen LogP contribution is 2.41. The number of amides is 1. The molecule has 2 N–H and O–H groups in total. The molecule has 7 nitrogen and oxygen atoms in total. The van der Waals surface area contributed by atoms with Gasteiger partial charge in [0.25, 0.3) is 5.91 Å². The van der Waals surface area contributed by atoms with Crippen LogP contribution < -0.4 is 15.4 Å². The van der Waals surface area contributed by atoms with Crippen LogP contribution in [-0.4, -0.2) is 35.0 Å². The number of halogens is 1. The molecule has 1 aliphatic carbocycles. The van der Waals surface area contributed by atoms with Crippen molar-refractivity contribution in [2.24, 2.45) is 0 Å². The number of aryl methyl sites for hydroxylation is 2. The number of nitrogens with one attached hydrogen (secondary N) is 2. The predicted octanol–water partition coefficient (Wildman–Crippen LogP) is 4.36. The molecule has 9 heteroatoms. The molecule has 30 heavy (non-hydrogen) atoms. The summed E-state index contributed by atoms with van der Waals surface area (Å²) in [6.45, 7) is 0. The van der Waals surface area contributed by atoms with Crippen LogP contribution in [0.5, 0.6) is 5.75 Å². The van der Waals surface area contributed by atoms with Crippen molar-refractivity contribution < 1.29 is 9.53 Å². The number of ether oxygens (including phenoxy) is 1. The number of anilines is 2. The zero-order valence-corrected chi connectivity index (χ0v) is 18.3. The minimum absolute atomic E-state index is 0.183. The quantitative estimate of drug-likeness (QED) is 0.537. The molecule has 0 radical (unpaired) electrons. The van der Waals surface area contributed by atoms with Crippen molar-refractivity contribution in [3.63, 3.8) is 0 Å². The first-order chi connectivity index (χ1) is 14.6. The van der Waals surface area contributed by atoms with E-state index < -0.39 is 0 Å². The van der Waals surface area contributed by atoms with Gasteiger partial charge in [0.2, 0.25) is 5.95 Å². The summed E-state index contributed by atoms with van der Waals surface area (Å²) in [5, 5.41) is 9.21. The zero-order chi connectivity index (χ0) is 21.1. The van der Waals surface area contributed by atoms with E-state index in [0.717, 1.165) is 22.0 Å². The lowest BCUT2D eigenvalue weighted by atomic mass is 10.0. The van der Waals surface area contributed by atoms with Gasteiger partial charge in [-0.2, -0.15) is 0 Å². The Labute approximate surface area is 183 Å². The molecule has 4 rings (SSSR count). The summed E-state index contributed by atoms with van der Waals surface area (Å²) in [4.78, 5) is 25.4. The maximum Gasteiger partial charge on any atom is 0.251 e. The number of methoxy groups -OCH3 is 1. The third-order valence-corrected chi connectivity index (χ3v) is 6.15. The third-order valence-electron chi connectivity index (χ3n) is 4.95. The van der Waals surface area contributed by atoms with E-state index in [4.69, 9.17) is 16.3 Å². The van der Waals surface area contributed by atoms with Crippen molar-refractivity contribution in [1.82, 2.24) is 20.3 Å². The molecule has 0 spiro atoms. The molecule has 1 aliphatic rings. The fourth-order valence-electron chi connectivity index (χ4n) is 3.09. The van der Waals surface area contributed by atoms with Gasteiger partial charge in [-0.15, -0.1) is 11.3 Å². The molecule has 0 aliphatic heterocycles. The first-order valence-electron chi connectivity index (χ1n) is 9.69. The molecule has 0 unspecified atom stereocenters. The van der Waals surface area contributed by atoms with Crippen LogP contribution in [0.25, 0.3) is 0 Å². The van der Waals surface area contributed by atoms with E-state index in [1.807, 2.05) is 0 Å². The number of carbonyl (C=O) groups is 1. The molecular formula is C21H22ClN5O2S. The molecule has 3 aromatic rings. The number of hydrogen-bond donors (Lipinski definition) is 2. The van der Waals surface area contributed by atoms with E-state index in [1.165, 1.54) is 20.0 Å². The number of benzene rings is 1. The van der Waals surface area contributed by atoms with Gasteiger partial charge in [-0.05, 0) is 48.9 Å². The van der Waals surface area contributed by atoms with Gasteiger partial charge in [-0.3, -0.25) is 4.79 Å². The van der Waals surface area contributed by atoms with Crippen LogP contribution in [0.1, 0.15) is 45.9 Å². The minimum atomic E-state index is -0.183. The van der Waals surface area contributed by atoms with Crippen molar-refractivity contribution in [1.29, 1.82) is 0 Å². The van der Waals surface area contributed by atoms with Gasteiger partial charge in [-0.25, -0.2) is 15.0 Å². The molecule has 0 saturated heterocycles. The first kappa shape index (κ1) is 20.6. The number of rotatable bonds is 8. The Morgan fingerprint density at radius 2 is 2.03 bits per heavy atom. The number of carbonyl (C=O) groups excluding carboxylic acids is 1. The fourth-order valence-corrected chi connectivity index (χ4v) is 4.16. The summed E-state index contributed by atoms with van der Waals surface area (Å²) < 4.78 is 5.32. The molecule has 1 amide bonds. The van der Waals surface area contributed by atoms with E-state index in [9.17, 15) is 4.79 Å². The van der Waals surface area contributed by atoms with E-state index in [1.54, 1.807) is 42.9 Å². The van der Waals surface area contributed by atoms with Gasteiger partial charge in [-0.1, -0.05) is 11.6 Å². The maximum atomic E-state index is 12.0. The Morgan fingerprint density at radius 1 is 1.27 bits per heavy atom. The molecular weight excluding hydrogens is 422 g/mol. The summed E-state index contributed by atoms with van der Waals surface area (Å²) >= 11 is 8.01. The van der Waals surface area contributed by atoms with Crippen LogP contribution in [-0.2, 0) is 12.8 Å². The lowest BCUT2D eigenvalue weighted by Gasteiger charge is -2.12. The van der Waals surface area contributed by atoms with Crippen LogP contribution >= 0.6 is 22.9 Å². The second-order valence-electron chi connectivity index (χ2n) is 7.12. The molecule has 2 heterocycles. The second kappa shape index (κ2) is 8.97. The number of hydrogen-bond acceptors (Lipinski definition) is 7. The lowest BCUT2D eigenvalue weighted by Crippen LogP contribution is -2.18. The van der Waals surface area contributed by atoms with Crippen molar-refractivity contribution in [3.8, 4) is 5.75 Å². The Balaban J connectivity index is 1.41. The van der Waals surface area contributed by atoms with E-state index in [-0.39, 0.29) is 5.91 Å². The highest BCUT2D eigenvalue weighted by molar-refractivity contribution is 7.13. The summed E-state index contributed by atoms with van der Waals surface area (Å²) in [6, 6.07) is 3.43. The van der Waals surface area contributed by atoms with Gasteiger partial charge in [0.15, 0.2) is 5.13 Å². The van der Waals surface area contributed by atoms with E-state index >= 15 is 0 Å². The Kier molecular flexibility index (Phi) is 6.15. The summed E-state index contributed by atoms with van der Waals surface area (Å²) in [5.74, 6) is 1.46. The molecule has 1 fully saturated rings. The van der Waals surface area contributed by atoms with Crippen molar-refractivity contribution >= 4 is 39.9 Å². The second-order valence-corrected chi connectivity index (χ2v) is 8.36. The monoisotopic (exact) mass is 443 g/mol. The van der Waals surface area contributed by atoms with Gasteiger partial charge in [0.1, 0.15) is 5.75 Å². The molecule has 0 bridgehead atoms. The largest absolute Gasteiger partial charge is 0.495 e.